The molecular formula is C41H72N4O10. The first kappa shape index (κ1) is 51.3. The highest BCUT2D eigenvalue weighted by Crippen LogP contribution is 2.11. The summed E-state index contributed by atoms with van der Waals surface area (Å²) in [5.41, 5.74) is 2.14. The molecule has 0 unspecified atom stereocenters. The Balaban J connectivity index is 3.76. The van der Waals surface area contributed by atoms with Gasteiger partial charge in [-0.2, -0.15) is 0 Å². The Morgan fingerprint density at radius 3 is 1.89 bits per heavy atom. The van der Waals surface area contributed by atoms with E-state index in [2.05, 4.69) is 47.9 Å². The van der Waals surface area contributed by atoms with E-state index < -0.39 is 12.0 Å². The maximum Gasteiger partial charge on any atom is 0.326 e. The van der Waals surface area contributed by atoms with E-state index in [4.69, 9.17) is 28.8 Å². The quantitative estimate of drug-likeness (QED) is 0.0287. The number of aliphatic hydroxyl groups excluding tert-OH is 1. The van der Waals surface area contributed by atoms with Gasteiger partial charge in [-0.15, -0.1) is 0 Å². The van der Waals surface area contributed by atoms with Crippen LogP contribution in [0.1, 0.15) is 90.9 Å². The van der Waals surface area contributed by atoms with Crippen LogP contribution in [0.4, 0.5) is 0 Å². The summed E-state index contributed by atoms with van der Waals surface area (Å²) in [5, 5.41) is 30.3. The summed E-state index contributed by atoms with van der Waals surface area (Å²) in [6.07, 6.45) is 15.4. The van der Waals surface area contributed by atoms with Crippen LogP contribution in [-0.2, 0) is 38.1 Å². The molecule has 0 heterocycles. The third kappa shape index (κ3) is 34.5. The molecule has 1 atom stereocenters. The molecule has 0 bridgehead atoms. The fraction of sp³-hybridized carbons (Fsp3) is 0.683. The lowest BCUT2D eigenvalue weighted by Gasteiger charge is -2.16. The van der Waals surface area contributed by atoms with E-state index in [0.29, 0.717) is 89.9 Å². The number of allylic oxidation sites excluding steroid dienone is 3. The van der Waals surface area contributed by atoms with Crippen LogP contribution in [-0.4, -0.2) is 120 Å². The van der Waals surface area contributed by atoms with E-state index >= 15 is 0 Å². The van der Waals surface area contributed by atoms with Crippen molar-refractivity contribution in [2.24, 2.45) is 0 Å². The molecule has 14 heteroatoms. The summed E-state index contributed by atoms with van der Waals surface area (Å²) < 4.78 is 27.5. The number of nitrogens with one attached hydrogen (secondary N) is 4. The first-order chi connectivity index (χ1) is 26.6. The molecule has 0 rings (SSSR count). The van der Waals surface area contributed by atoms with Gasteiger partial charge in [-0.3, -0.25) is 9.59 Å². The summed E-state index contributed by atoms with van der Waals surface area (Å²) in [6.45, 7) is 20.5. The number of amides is 2. The summed E-state index contributed by atoms with van der Waals surface area (Å²) >= 11 is 0. The molecule has 316 valence electrons. The minimum atomic E-state index is -1.07. The third-order valence-electron chi connectivity index (χ3n) is 8.00. The van der Waals surface area contributed by atoms with Gasteiger partial charge in [0.15, 0.2) is 0 Å². The minimum Gasteiger partial charge on any atom is -0.494 e. The van der Waals surface area contributed by atoms with Crippen molar-refractivity contribution < 1.29 is 48.3 Å². The first-order valence-electron chi connectivity index (χ1n) is 19.8. The Morgan fingerprint density at radius 1 is 0.655 bits per heavy atom. The summed E-state index contributed by atoms with van der Waals surface area (Å²) in [5.74, 6) is -0.808. The van der Waals surface area contributed by atoms with E-state index in [9.17, 15) is 19.5 Å². The first-order valence-corrected chi connectivity index (χ1v) is 19.8. The molecule has 0 fully saturated rings. The normalized spacial score (nSPS) is 11.9. The highest BCUT2D eigenvalue weighted by atomic mass is 16.5. The fourth-order valence-corrected chi connectivity index (χ4v) is 4.78. The lowest BCUT2D eigenvalue weighted by molar-refractivity contribution is -0.142. The standard InChI is InChI=1S/C41H72N4O10/c1-6-8-21-42-36(5)32-53-29-27-52-26-23-44-40(48)33-54-30-28-51-25-22-43-35(4)18-20-38(41(49)50)45-39(47)16-14-12-10-9-11-13-15-24-55-37(7-2)19-17-34(3)31-46/h7,17,19,38,42-43,46H,3-6,8-16,18,20-33H2,1-2H3,(H,44,48)(H,45,47)(H,49,50)/b19-17-,37-7+/t38-/m0/s1. The SMILES string of the molecule is C=C(/C=C\C(=C/C)OCCCCCCCCCC(=O)N[C@@H](CCC(=C)NCCOCCOCC(=O)NCCOCCOCC(=C)NCCCC)C(=O)O)CO. The van der Waals surface area contributed by atoms with Crippen molar-refractivity contribution in [1.29, 1.82) is 0 Å². The number of carboxylic acid groups (broad SMARTS) is 1. The van der Waals surface area contributed by atoms with Crippen molar-refractivity contribution >= 4 is 17.8 Å². The second-order valence-electron chi connectivity index (χ2n) is 13.0. The van der Waals surface area contributed by atoms with Crippen LogP contribution in [0.25, 0.3) is 0 Å². The van der Waals surface area contributed by atoms with Crippen LogP contribution >= 0.6 is 0 Å². The lowest BCUT2D eigenvalue weighted by atomic mass is 10.1. The highest BCUT2D eigenvalue weighted by molar-refractivity contribution is 5.83. The molecule has 14 nitrogen and oxygen atoms in total. The summed E-state index contributed by atoms with van der Waals surface area (Å²) in [6, 6.07) is -0.980. The number of rotatable bonds is 40. The van der Waals surface area contributed by atoms with Crippen LogP contribution in [0.3, 0.4) is 0 Å². The predicted molar refractivity (Wildman–Crippen MR) is 216 cm³/mol. The van der Waals surface area contributed by atoms with Gasteiger partial charge in [-0.25, -0.2) is 4.79 Å². The van der Waals surface area contributed by atoms with Gasteiger partial charge in [0.25, 0.3) is 0 Å². The smallest absolute Gasteiger partial charge is 0.326 e. The van der Waals surface area contributed by atoms with Gasteiger partial charge in [0.2, 0.25) is 11.8 Å². The number of hydrogen-bond donors (Lipinski definition) is 6. The molecule has 0 aliphatic heterocycles. The van der Waals surface area contributed by atoms with Crippen LogP contribution < -0.4 is 21.3 Å². The number of ether oxygens (including phenoxy) is 5. The molecule has 55 heavy (non-hydrogen) atoms. The third-order valence-corrected chi connectivity index (χ3v) is 8.00. The van der Waals surface area contributed by atoms with Gasteiger partial charge in [-0.05, 0) is 56.8 Å². The van der Waals surface area contributed by atoms with Gasteiger partial charge in [-0.1, -0.05) is 71.3 Å². The molecule has 0 aliphatic carbocycles. The van der Waals surface area contributed by atoms with Crippen molar-refractivity contribution in [1.82, 2.24) is 21.3 Å². The molecule has 0 aromatic carbocycles. The number of unbranched alkanes of at least 4 members (excludes halogenated alkanes) is 7. The number of carboxylic acids is 1. The van der Waals surface area contributed by atoms with Crippen molar-refractivity contribution in [3.8, 4) is 0 Å². The van der Waals surface area contributed by atoms with E-state index in [1.165, 1.54) is 0 Å². The van der Waals surface area contributed by atoms with Crippen molar-refractivity contribution in [3.05, 3.63) is 60.7 Å². The Bertz CT molecular complexity index is 1130. The monoisotopic (exact) mass is 781 g/mol. The van der Waals surface area contributed by atoms with Crippen molar-refractivity contribution in [2.75, 3.05) is 85.7 Å². The summed E-state index contributed by atoms with van der Waals surface area (Å²) in [4.78, 5) is 36.0. The van der Waals surface area contributed by atoms with Crippen LogP contribution in [0.5, 0.6) is 0 Å². The van der Waals surface area contributed by atoms with E-state index in [-0.39, 0.29) is 38.1 Å². The summed E-state index contributed by atoms with van der Waals surface area (Å²) in [7, 11) is 0. The average Bonchev–Trinajstić information content (AvgIpc) is 3.16. The molecule has 0 saturated heterocycles. The molecule has 6 N–H and O–H groups in total. The van der Waals surface area contributed by atoms with Crippen LogP contribution in [0, 0.1) is 0 Å². The van der Waals surface area contributed by atoms with E-state index in [1.54, 1.807) is 12.2 Å². The second-order valence-corrected chi connectivity index (χ2v) is 13.0. The van der Waals surface area contributed by atoms with E-state index in [1.807, 2.05) is 13.0 Å². The Kier molecular flexibility index (Phi) is 34.7. The molecule has 2 amide bonds. The van der Waals surface area contributed by atoms with E-state index in [0.717, 1.165) is 69.4 Å². The maximum atomic E-state index is 12.4. The maximum absolute atomic E-state index is 12.4. The number of aliphatic carboxylic acids is 1. The predicted octanol–water partition coefficient (Wildman–Crippen LogP) is 4.67. The average molecular weight is 781 g/mol. The molecule has 0 radical (unpaired) electrons. The number of carbonyl (C=O) groups is 3. The molecular weight excluding hydrogens is 708 g/mol. The van der Waals surface area contributed by atoms with Gasteiger partial charge in [0.05, 0.1) is 59.5 Å². The van der Waals surface area contributed by atoms with Crippen molar-refractivity contribution in [2.45, 2.75) is 96.9 Å². The fourth-order valence-electron chi connectivity index (χ4n) is 4.78. The Morgan fingerprint density at radius 2 is 1.25 bits per heavy atom. The van der Waals surface area contributed by atoms with Crippen LogP contribution in [0.2, 0.25) is 0 Å². The molecule has 0 aliphatic rings. The molecule has 0 saturated carbocycles. The van der Waals surface area contributed by atoms with Gasteiger partial charge >= 0.3 is 5.97 Å². The molecule has 0 aromatic rings. The number of aliphatic hydroxyl groups is 1. The number of carbonyl (C=O) groups excluding carboxylic acids is 2. The second kappa shape index (κ2) is 37.2. The topological polar surface area (TPSA) is 186 Å². The van der Waals surface area contributed by atoms with Gasteiger partial charge in [0, 0.05) is 37.4 Å². The van der Waals surface area contributed by atoms with Crippen LogP contribution in [0.15, 0.2) is 60.7 Å². The zero-order chi connectivity index (χ0) is 40.8. The highest BCUT2D eigenvalue weighted by Gasteiger charge is 2.19. The Hall–Kier alpha value is -3.69. The lowest BCUT2D eigenvalue weighted by Crippen LogP contribution is -2.41. The zero-order valence-corrected chi connectivity index (χ0v) is 33.8. The molecule has 0 aromatic heterocycles. The zero-order valence-electron chi connectivity index (χ0n) is 33.8. The van der Waals surface area contributed by atoms with Gasteiger partial charge in [0.1, 0.15) is 18.4 Å². The Labute approximate surface area is 330 Å². The van der Waals surface area contributed by atoms with Crippen molar-refractivity contribution in [3.63, 3.8) is 0 Å². The minimum absolute atomic E-state index is 0.0732. The van der Waals surface area contributed by atoms with Gasteiger partial charge < -0.3 is 55.2 Å². The number of hydrogen-bond acceptors (Lipinski definition) is 11. The molecule has 0 spiro atoms. The largest absolute Gasteiger partial charge is 0.494 e.